The summed E-state index contributed by atoms with van der Waals surface area (Å²) < 4.78 is 5.57. The molecule has 0 saturated carbocycles. The average Bonchev–Trinajstić information content (AvgIpc) is 3.11. The summed E-state index contributed by atoms with van der Waals surface area (Å²) in [5.41, 5.74) is 3.30. The van der Waals surface area contributed by atoms with Crippen molar-refractivity contribution in [3.63, 3.8) is 0 Å². The van der Waals surface area contributed by atoms with Crippen LogP contribution in [0.5, 0.6) is 0 Å². The van der Waals surface area contributed by atoms with E-state index in [1.165, 1.54) is 16.0 Å². The van der Waals surface area contributed by atoms with Gasteiger partial charge in [0.2, 0.25) is 11.8 Å². The van der Waals surface area contributed by atoms with Gasteiger partial charge in [-0.1, -0.05) is 29.8 Å². The van der Waals surface area contributed by atoms with Gasteiger partial charge in [0.25, 0.3) is 5.91 Å². The van der Waals surface area contributed by atoms with E-state index < -0.39 is 0 Å². The van der Waals surface area contributed by atoms with Crippen molar-refractivity contribution in [2.45, 2.75) is 38.0 Å². The lowest BCUT2D eigenvalue weighted by molar-refractivity contribution is -0.121. The van der Waals surface area contributed by atoms with Gasteiger partial charge in [-0.15, -0.1) is 0 Å². The largest absolute Gasteiger partial charge is 0.381 e. The highest BCUT2D eigenvalue weighted by Gasteiger charge is 2.35. The van der Waals surface area contributed by atoms with Gasteiger partial charge in [-0.3, -0.25) is 19.3 Å². The van der Waals surface area contributed by atoms with Gasteiger partial charge in [0.05, 0.1) is 5.69 Å². The second kappa shape index (κ2) is 8.40. The highest BCUT2D eigenvalue weighted by Crippen LogP contribution is 2.34. The van der Waals surface area contributed by atoms with Crippen LogP contribution >= 0.6 is 0 Å². The molecule has 2 saturated heterocycles. The van der Waals surface area contributed by atoms with Crippen LogP contribution in [0.1, 0.15) is 47.2 Å². The number of hydrogen-bond acceptors (Lipinski definition) is 4. The van der Waals surface area contributed by atoms with Gasteiger partial charge in [-0.2, -0.15) is 0 Å². The van der Waals surface area contributed by atoms with Crippen molar-refractivity contribution < 1.29 is 19.1 Å². The van der Waals surface area contributed by atoms with Crippen LogP contribution < -0.4 is 10.2 Å². The molecular formula is C24H26N2O4. The molecule has 0 unspecified atom stereocenters. The fourth-order valence-electron chi connectivity index (χ4n) is 4.21. The van der Waals surface area contributed by atoms with Gasteiger partial charge in [-0.25, -0.2) is 0 Å². The highest BCUT2D eigenvalue weighted by atomic mass is 16.5. The summed E-state index contributed by atoms with van der Waals surface area (Å²) >= 11 is 0. The van der Waals surface area contributed by atoms with E-state index in [1.54, 1.807) is 24.3 Å². The topological polar surface area (TPSA) is 75.7 Å². The average molecular weight is 406 g/mol. The van der Waals surface area contributed by atoms with Crippen molar-refractivity contribution in [1.82, 2.24) is 5.32 Å². The summed E-state index contributed by atoms with van der Waals surface area (Å²) in [5.74, 6) is -0.563. The molecule has 156 valence electrons. The van der Waals surface area contributed by atoms with Crippen LogP contribution in [0.25, 0.3) is 0 Å². The second-order valence-electron chi connectivity index (χ2n) is 8.11. The Morgan fingerprint density at radius 1 is 0.967 bits per heavy atom. The number of nitrogens with one attached hydrogen (secondary N) is 1. The molecule has 0 spiro atoms. The number of aryl methyl sites for hydroxylation is 1. The van der Waals surface area contributed by atoms with Gasteiger partial charge in [-0.05, 0) is 49.6 Å². The molecule has 0 bridgehead atoms. The Balaban J connectivity index is 1.46. The molecule has 0 radical (unpaired) electrons. The normalized spacial score (nSPS) is 18.5. The van der Waals surface area contributed by atoms with Gasteiger partial charge in [0.1, 0.15) is 0 Å². The Hall–Kier alpha value is -2.99. The lowest BCUT2D eigenvalue weighted by Crippen LogP contribution is -2.44. The van der Waals surface area contributed by atoms with Gasteiger partial charge < -0.3 is 10.1 Å². The van der Waals surface area contributed by atoms with Crippen LogP contribution in [0.3, 0.4) is 0 Å². The summed E-state index contributed by atoms with van der Waals surface area (Å²) in [5, 5.41) is 3.09. The third kappa shape index (κ3) is 4.00. The minimum Gasteiger partial charge on any atom is -0.381 e. The van der Waals surface area contributed by atoms with Crippen molar-refractivity contribution in [2.75, 3.05) is 24.7 Å². The lowest BCUT2D eigenvalue weighted by Gasteiger charge is -2.38. The Morgan fingerprint density at radius 2 is 1.57 bits per heavy atom. The van der Waals surface area contributed by atoms with Gasteiger partial charge in [0.15, 0.2) is 0 Å². The van der Waals surface area contributed by atoms with E-state index in [4.69, 9.17) is 4.74 Å². The first kappa shape index (κ1) is 20.3. The zero-order valence-corrected chi connectivity index (χ0v) is 17.1. The van der Waals surface area contributed by atoms with Crippen LogP contribution in [0, 0.1) is 6.92 Å². The van der Waals surface area contributed by atoms with Crippen LogP contribution in [0.2, 0.25) is 0 Å². The summed E-state index contributed by atoms with van der Waals surface area (Å²) in [6.45, 7) is 3.95. The molecule has 6 nitrogen and oxygen atoms in total. The van der Waals surface area contributed by atoms with Crippen LogP contribution in [-0.4, -0.2) is 37.5 Å². The molecule has 2 aliphatic rings. The zero-order chi connectivity index (χ0) is 21.1. The number of ether oxygens (including phenoxy) is 1. The molecule has 1 N–H and O–H groups in total. The molecular weight excluding hydrogens is 380 g/mol. The van der Waals surface area contributed by atoms with Crippen molar-refractivity contribution in [3.8, 4) is 0 Å². The summed E-state index contributed by atoms with van der Waals surface area (Å²) in [7, 11) is 0. The SMILES string of the molecule is Cc1ccc(C2(CNC(=O)c3ccc(N4C(=O)CCC4=O)cc3)CCOCC2)cc1. The number of nitrogens with zero attached hydrogens (tertiary/aromatic N) is 1. The predicted molar refractivity (Wildman–Crippen MR) is 113 cm³/mol. The molecule has 2 heterocycles. The molecule has 2 aliphatic heterocycles. The first-order valence-electron chi connectivity index (χ1n) is 10.4. The number of anilines is 1. The van der Waals surface area contributed by atoms with E-state index in [1.807, 2.05) is 0 Å². The molecule has 0 atom stereocenters. The van der Waals surface area contributed by atoms with E-state index in [-0.39, 0.29) is 36.0 Å². The summed E-state index contributed by atoms with van der Waals surface area (Å²) in [6, 6.07) is 15.1. The van der Waals surface area contributed by atoms with E-state index in [0.717, 1.165) is 12.8 Å². The van der Waals surface area contributed by atoms with Crippen molar-refractivity contribution in [2.24, 2.45) is 0 Å². The second-order valence-corrected chi connectivity index (χ2v) is 8.11. The first-order valence-corrected chi connectivity index (χ1v) is 10.4. The number of imide groups is 1. The monoisotopic (exact) mass is 406 g/mol. The van der Waals surface area contributed by atoms with E-state index in [9.17, 15) is 14.4 Å². The quantitative estimate of drug-likeness (QED) is 0.774. The third-order valence-electron chi connectivity index (χ3n) is 6.14. The Morgan fingerprint density at radius 3 is 2.17 bits per heavy atom. The fourth-order valence-corrected chi connectivity index (χ4v) is 4.21. The molecule has 0 aliphatic carbocycles. The lowest BCUT2D eigenvalue weighted by atomic mass is 9.74. The van der Waals surface area contributed by atoms with Crippen molar-refractivity contribution in [1.29, 1.82) is 0 Å². The number of rotatable bonds is 5. The Labute approximate surface area is 176 Å². The first-order chi connectivity index (χ1) is 14.5. The maximum atomic E-state index is 12.8. The summed E-state index contributed by atoms with van der Waals surface area (Å²) in [6.07, 6.45) is 2.20. The third-order valence-corrected chi connectivity index (χ3v) is 6.14. The maximum absolute atomic E-state index is 12.8. The Kier molecular flexibility index (Phi) is 5.68. The van der Waals surface area contributed by atoms with Crippen molar-refractivity contribution >= 4 is 23.4 Å². The highest BCUT2D eigenvalue weighted by molar-refractivity contribution is 6.19. The molecule has 6 heteroatoms. The molecule has 3 amide bonds. The maximum Gasteiger partial charge on any atom is 0.251 e. The number of amides is 3. The number of hydrogen-bond donors (Lipinski definition) is 1. The minimum atomic E-state index is -0.197. The molecule has 2 aromatic carbocycles. The number of carbonyl (C=O) groups is 3. The molecule has 0 aromatic heterocycles. The number of carbonyl (C=O) groups excluding carboxylic acids is 3. The minimum absolute atomic E-state index is 0.143. The molecule has 2 fully saturated rings. The van der Waals surface area contributed by atoms with Crippen molar-refractivity contribution in [3.05, 3.63) is 65.2 Å². The van der Waals surface area contributed by atoms with Crippen LogP contribution in [-0.2, 0) is 19.7 Å². The van der Waals surface area contributed by atoms with Gasteiger partial charge in [0, 0.05) is 43.6 Å². The van der Waals surface area contributed by atoms with E-state index in [0.29, 0.717) is 31.0 Å². The fraction of sp³-hybridized carbons (Fsp3) is 0.375. The van der Waals surface area contributed by atoms with Crippen LogP contribution in [0.15, 0.2) is 48.5 Å². The Bertz CT molecular complexity index is 928. The molecule has 4 rings (SSSR count). The predicted octanol–water partition coefficient (Wildman–Crippen LogP) is 3.13. The van der Waals surface area contributed by atoms with Gasteiger partial charge >= 0.3 is 0 Å². The van der Waals surface area contributed by atoms with E-state index in [2.05, 4.69) is 36.5 Å². The smallest absolute Gasteiger partial charge is 0.251 e. The zero-order valence-electron chi connectivity index (χ0n) is 17.1. The molecule has 2 aromatic rings. The standard InChI is InChI=1S/C24H26N2O4/c1-17-2-6-19(7-3-17)24(12-14-30-15-13-24)16-25-23(29)18-4-8-20(9-5-18)26-21(27)10-11-22(26)28/h2-9H,10-16H2,1H3,(H,25,29). The molecule has 30 heavy (non-hydrogen) atoms. The summed E-state index contributed by atoms with van der Waals surface area (Å²) in [4.78, 5) is 37.8. The van der Waals surface area contributed by atoms with Crippen LogP contribution in [0.4, 0.5) is 5.69 Å². The number of benzene rings is 2. The van der Waals surface area contributed by atoms with E-state index >= 15 is 0 Å².